The number of amides is 1. The minimum Gasteiger partial charge on any atom is -0.481 e. The van der Waals surface area contributed by atoms with Gasteiger partial charge in [-0.3, -0.25) is 9.59 Å². The maximum absolute atomic E-state index is 13.7. The van der Waals surface area contributed by atoms with Crippen LogP contribution in [0.2, 0.25) is 0 Å². The molecule has 0 aromatic heterocycles. The molecule has 21 heavy (non-hydrogen) atoms. The first-order valence-corrected chi connectivity index (χ1v) is 6.81. The fraction of sp³-hybridized carbons (Fsp3) is 0.385. The Bertz CT molecular complexity index is 587. The van der Waals surface area contributed by atoms with E-state index in [1.54, 1.807) is 0 Å². The van der Waals surface area contributed by atoms with Crippen LogP contribution < -0.4 is 5.32 Å². The van der Waals surface area contributed by atoms with Crippen LogP contribution in [0.15, 0.2) is 16.6 Å². The molecule has 2 N–H and O–H groups in total. The summed E-state index contributed by atoms with van der Waals surface area (Å²) >= 11 is 2.91. The molecule has 1 aromatic rings. The van der Waals surface area contributed by atoms with E-state index in [1.165, 1.54) is 6.92 Å². The zero-order valence-corrected chi connectivity index (χ0v) is 12.5. The molecule has 1 aromatic carbocycles. The zero-order valence-electron chi connectivity index (χ0n) is 11.0. The van der Waals surface area contributed by atoms with Gasteiger partial charge in [0.05, 0.1) is 19.3 Å². The molecule has 1 heterocycles. The molecule has 0 spiro atoms. The maximum Gasteiger partial charge on any atom is 0.313 e. The van der Waals surface area contributed by atoms with Crippen molar-refractivity contribution in [2.75, 3.05) is 13.2 Å². The van der Waals surface area contributed by atoms with Crippen LogP contribution in [0.25, 0.3) is 0 Å². The fourth-order valence-corrected chi connectivity index (χ4v) is 2.48. The summed E-state index contributed by atoms with van der Waals surface area (Å²) in [6.45, 7) is 1.29. The number of carboxylic acids is 1. The van der Waals surface area contributed by atoms with Gasteiger partial charge in [0, 0.05) is 4.47 Å². The van der Waals surface area contributed by atoms with Crippen LogP contribution in [-0.2, 0) is 9.53 Å². The van der Waals surface area contributed by atoms with Crippen LogP contribution in [-0.4, -0.2) is 36.2 Å². The fourth-order valence-electron chi connectivity index (χ4n) is 2.07. The standard InChI is InChI=1S/C13H12BrF2NO4/c1-13(12(19)20)5-21-4-9(13)17-11(18)10-7(15)2-6(14)3-8(10)16/h2-3,9H,4-5H2,1H3,(H,17,18)(H,19,20). The SMILES string of the molecule is CC1(C(=O)O)COCC1NC(=O)c1c(F)cc(Br)cc1F. The van der Waals surface area contributed by atoms with Gasteiger partial charge in [0.15, 0.2) is 0 Å². The summed E-state index contributed by atoms with van der Waals surface area (Å²) in [4.78, 5) is 23.3. The van der Waals surface area contributed by atoms with Crippen molar-refractivity contribution in [3.8, 4) is 0 Å². The van der Waals surface area contributed by atoms with Crippen molar-refractivity contribution < 1.29 is 28.2 Å². The van der Waals surface area contributed by atoms with Crippen LogP contribution >= 0.6 is 15.9 Å². The smallest absolute Gasteiger partial charge is 0.313 e. The molecule has 2 unspecified atom stereocenters. The number of ether oxygens (including phenoxy) is 1. The van der Waals surface area contributed by atoms with Crippen molar-refractivity contribution in [2.45, 2.75) is 13.0 Å². The van der Waals surface area contributed by atoms with Gasteiger partial charge in [-0.15, -0.1) is 0 Å². The highest BCUT2D eigenvalue weighted by atomic mass is 79.9. The quantitative estimate of drug-likeness (QED) is 0.860. The Kier molecular flexibility index (Phi) is 4.29. The van der Waals surface area contributed by atoms with Gasteiger partial charge in [0.1, 0.15) is 22.6 Å². The molecule has 8 heteroatoms. The minimum atomic E-state index is -1.34. The summed E-state index contributed by atoms with van der Waals surface area (Å²) < 4.78 is 32.6. The second-order valence-electron chi connectivity index (χ2n) is 5.01. The Balaban J connectivity index is 2.25. The predicted octanol–water partition coefficient (Wildman–Crippen LogP) is 1.95. The Morgan fingerprint density at radius 3 is 2.52 bits per heavy atom. The van der Waals surface area contributed by atoms with Gasteiger partial charge >= 0.3 is 5.97 Å². The van der Waals surface area contributed by atoms with Crippen LogP contribution in [0.3, 0.4) is 0 Å². The topological polar surface area (TPSA) is 75.6 Å². The molecule has 2 rings (SSSR count). The summed E-state index contributed by atoms with van der Waals surface area (Å²) in [6.07, 6.45) is 0. The minimum absolute atomic E-state index is 0.0334. The van der Waals surface area contributed by atoms with E-state index >= 15 is 0 Å². The first-order valence-electron chi connectivity index (χ1n) is 6.02. The van der Waals surface area contributed by atoms with Gasteiger partial charge < -0.3 is 15.2 Å². The molecule has 1 aliphatic heterocycles. The Morgan fingerprint density at radius 1 is 1.43 bits per heavy atom. The summed E-state index contributed by atoms with van der Waals surface area (Å²) in [6, 6.07) is 1.05. The lowest BCUT2D eigenvalue weighted by Crippen LogP contribution is -2.50. The number of benzene rings is 1. The summed E-state index contributed by atoms with van der Waals surface area (Å²) in [5, 5.41) is 11.5. The van der Waals surface area contributed by atoms with Crippen molar-refractivity contribution in [1.29, 1.82) is 0 Å². The van der Waals surface area contributed by atoms with Gasteiger partial charge in [-0.05, 0) is 19.1 Å². The summed E-state index contributed by atoms with van der Waals surface area (Å²) in [5.74, 6) is -4.23. The second kappa shape index (κ2) is 5.69. The van der Waals surface area contributed by atoms with Crippen LogP contribution in [0, 0.1) is 17.0 Å². The third-order valence-corrected chi connectivity index (χ3v) is 3.94. The molecule has 1 fully saturated rings. The van der Waals surface area contributed by atoms with E-state index < -0.39 is 40.5 Å². The van der Waals surface area contributed by atoms with E-state index in [9.17, 15) is 23.5 Å². The number of carbonyl (C=O) groups excluding carboxylic acids is 1. The third-order valence-electron chi connectivity index (χ3n) is 3.48. The number of hydrogen-bond donors (Lipinski definition) is 2. The van der Waals surface area contributed by atoms with Crippen molar-refractivity contribution in [3.63, 3.8) is 0 Å². The lowest BCUT2D eigenvalue weighted by molar-refractivity contribution is -0.148. The zero-order chi connectivity index (χ0) is 15.8. The van der Waals surface area contributed by atoms with Crippen LogP contribution in [0.5, 0.6) is 0 Å². The van der Waals surface area contributed by atoms with Crippen LogP contribution in [0.1, 0.15) is 17.3 Å². The highest BCUT2D eigenvalue weighted by Gasteiger charge is 2.47. The molecule has 0 bridgehead atoms. The van der Waals surface area contributed by atoms with E-state index in [2.05, 4.69) is 21.2 Å². The number of nitrogens with one attached hydrogen (secondary N) is 1. The average molecular weight is 364 g/mol. The number of halogens is 3. The van der Waals surface area contributed by atoms with Crippen molar-refractivity contribution in [2.24, 2.45) is 5.41 Å². The molecule has 0 radical (unpaired) electrons. The van der Waals surface area contributed by atoms with Crippen molar-refractivity contribution in [1.82, 2.24) is 5.32 Å². The Morgan fingerprint density at radius 2 is 2.00 bits per heavy atom. The van der Waals surface area contributed by atoms with E-state index in [4.69, 9.17) is 4.74 Å². The molecule has 114 valence electrons. The molecule has 1 amide bonds. The van der Waals surface area contributed by atoms with Gasteiger partial charge in [0.25, 0.3) is 5.91 Å². The number of carbonyl (C=O) groups is 2. The van der Waals surface area contributed by atoms with E-state index in [-0.39, 0.29) is 17.7 Å². The first kappa shape index (κ1) is 15.8. The maximum atomic E-state index is 13.7. The van der Waals surface area contributed by atoms with Crippen molar-refractivity contribution in [3.05, 3.63) is 33.8 Å². The van der Waals surface area contributed by atoms with Gasteiger partial charge in [-0.2, -0.15) is 0 Å². The van der Waals surface area contributed by atoms with Crippen LogP contribution in [0.4, 0.5) is 8.78 Å². The highest BCUT2D eigenvalue weighted by Crippen LogP contribution is 2.29. The molecular formula is C13H12BrF2NO4. The normalized spacial score (nSPS) is 24.9. The predicted molar refractivity (Wildman–Crippen MR) is 71.9 cm³/mol. The lowest BCUT2D eigenvalue weighted by Gasteiger charge is -2.25. The number of carboxylic acid groups (broad SMARTS) is 1. The van der Waals surface area contributed by atoms with E-state index in [1.807, 2.05) is 0 Å². The number of hydrogen-bond acceptors (Lipinski definition) is 3. The lowest BCUT2D eigenvalue weighted by atomic mass is 9.85. The molecule has 0 aliphatic carbocycles. The molecule has 0 saturated carbocycles. The average Bonchev–Trinajstić information content (AvgIpc) is 2.71. The summed E-state index contributed by atoms with van der Waals surface area (Å²) in [7, 11) is 0. The molecule has 2 atom stereocenters. The first-order chi connectivity index (χ1) is 9.75. The Hall–Kier alpha value is -1.54. The Labute approximate surface area is 127 Å². The highest BCUT2D eigenvalue weighted by molar-refractivity contribution is 9.10. The van der Waals surface area contributed by atoms with Gasteiger partial charge in [-0.1, -0.05) is 15.9 Å². The van der Waals surface area contributed by atoms with E-state index in [0.717, 1.165) is 12.1 Å². The third kappa shape index (κ3) is 2.91. The van der Waals surface area contributed by atoms with Gasteiger partial charge in [-0.25, -0.2) is 8.78 Å². The largest absolute Gasteiger partial charge is 0.481 e. The summed E-state index contributed by atoms with van der Waals surface area (Å²) in [5.41, 5.74) is -2.09. The molecular weight excluding hydrogens is 352 g/mol. The molecule has 1 saturated heterocycles. The van der Waals surface area contributed by atoms with Crippen molar-refractivity contribution >= 4 is 27.8 Å². The van der Waals surface area contributed by atoms with E-state index in [0.29, 0.717) is 0 Å². The van der Waals surface area contributed by atoms with Gasteiger partial charge in [0.2, 0.25) is 0 Å². The second-order valence-corrected chi connectivity index (χ2v) is 5.92. The molecule has 5 nitrogen and oxygen atoms in total. The number of aliphatic carboxylic acids is 1. The number of rotatable bonds is 3. The molecule has 1 aliphatic rings. The monoisotopic (exact) mass is 363 g/mol.